The molecule has 1 aliphatic heterocycles. The van der Waals surface area contributed by atoms with Crippen LogP contribution in [0.3, 0.4) is 0 Å². The fraction of sp³-hybridized carbons (Fsp3) is 0.436. The lowest BCUT2D eigenvalue weighted by Gasteiger charge is -2.38. The Labute approximate surface area is 314 Å². The highest BCUT2D eigenvalue weighted by Crippen LogP contribution is 2.50. The lowest BCUT2D eigenvalue weighted by Crippen LogP contribution is -2.55. The summed E-state index contributed by atoms with van der Waals surface area (Å²) in [5.74, 6) is 2.16. The maximum atomic E-state index is 14.6. The molecule has 2 aliphatic rings. The molecule has 53 heavy (non-hydrogen) atoms. The van der Waals surface area contributed by atoms with E-state index in [1.54, 1.807) is 58.2 Å². The molecule has 1 heterocycles. The number of nitrogens with zero attached hydrogens (tertiary/aromatic N) is 1. The van der Waals surface area contributed by atoms with E-state index in [9.17, 15) is 19.2 Å². The van der Waals surface area contributed by atoms with Gasteiger partial charge in [0.05, 0.1) is 47.3 Å². The van der Waals surface area contributed by atoms with Crippen LogP contribution in [0, 0.1) is 0 Å². The van der Waals surface area contributed by atoms with Gasteiger partial charge >= 0.3 is 0 Å². The van der Waals surface area contributed by atoms with Gasteiger partial charge in [0.1, 0.15) is 12.1 Å². The normalized spacial score (nSPS) is 16.4. The summed E-state index contributed by atoms with van der Waals surface area (Å²) in [6.45, 7) is 1.60. The van der Waals surface area contributed by atoms with E-state index in [-0.39, 0.29) is 41.8 Å². The zero-order valence-corrected chi connectivity index (χ0v) is 32.3. The van der Waals surface area contributed by atoms with E-state index in [4.69, 9.17) is 23.7 Å². The number of aryl methyl sites for hydroxylation is 1. The second-order valence-electron chi connectivity index (χ2n) is 12.9. The minimum Gasteiger partial charge on any atom is -0.493 e. The van der Waals surface area contributed by atoms with Gasteiger partial charge in [0.25, 0.3) is 0 Å². The average Bonchev–Trinajstić information content (AvgIpc) is 3.41. The van der Waals surface area contributed by atoms with Crippen molar-refractivity contribution in [2.24, 2.45) is 0 Å². The Balaban J connectivity index is 1.61. The second-order valence-corrected chi connectivity index (χ2v) is 13.8. The molecule has 3 amide bonds. The largest absolute Gasteiger partial charge is 0.493 e. The molecule has 1 aliphatic carbocycles. The topological polar surface area (TPSA) is 154 Å². The van der Waals surface area contributed by atoms with Gasteiger partial charge in [0.2, 0.25) is 28.9 Å². The summed E-state index contributed by atoms with van der Waals surface area (Å²) in [7, 11) is 9.27. The number of carbonyl (C=O) groups excluding carboxylic acids is 3. The monoisotopic (exact) mass is 748 g/mol. The minimum atomic E-state index is -0.844. The van der Waals surface area contributed by atoms with Crippen LogP contribution in [-0.4, -0.2) is 89.3 Å². The lowest BCUT2D eigenvalue weighted by atomic mass is 9.92. The number of ether oxygens (including phenoxy) is 5. The van der Waals surface area contributed by atoms with Crippen LogP contribution >= 0.6 is 11.8 Å². The number of nitrogens with one attached hydrogen (secondary N) is 3. The third-order valence-corrected chi connectivity index (χ3v) is 10.5. The predicted octanol–water partition coefficient (Wildman–Crippen LogP) is 4.11. The smallest absolute Gasteiger partial charge is 0.246 e. The van der Waals surface area contributed by atoms with Crippen molar-refractivity contribution in [3.63, 3.8) is 0 Å². The van der Waals surface area contributed by atoms with Gasteiger partial charge in [-0.2, -0.15) is 11.8 Å². The van der Waals surface area contributed by atoms with E-state index in [0.717, 1.165) is 22.3 Å². The summed E-state index contributed by atoms with van der Waals surface area (Å²) in [4.78, 5) is 56.1. The van der Waals surface area contributed by atoms with E-state index in [1.165, 1.54) is 20.1 Å². The molecular formula is C39H48N4O9S. The number of thioether (sulfide) groups is 1. The average molecular weight is 749 g/mol. The molecule has 0 saturated heterocycles. The summed E-state index contributed by atoms with van der Waals surface area (Å²) >= 11 is 1.57. The van der Waals surface area contributed by atoms with Crippen LogP contribution in [0.1, 0.15) is 48.1 Å². The van der Waals surface area contributed by atoms with Gasteiger partial charge in [-0.15, -0.1) is 0 Å². The number of hydrogen-bond donors (Lipinski definition) is 3. The van der Waals surface area contributed by atoms with Crippen LogP contribution < -0.4 is 45.1 Å². The number of hydrogen-bond acceptors (Lipinski definition) is 11. The summed E-state index contributed by atoms with van der Waals surface area (Å²) in [6.07, 6.45) is 3.67. The van der Waals surface area contributed by atoms with Crippen molar-refractivity contribution in [3.05, 3.63) is 68.9 Å². The number of methoxy groups -OCH3 is 5. The van der Waals surface area contributed by atoms with Crippen molar-refractivity contribution < 1.29 is 38.1 Å². The summed E-state index contributed by atoms with van der Waals surface area (Å²) in [6, 6.07) is 8.44. The predicted molar refractivity (Wildman–Crippen MR) is 205 cm³/mol. The van der Waals surface area contributed by atoms with Crippen LogP contribution in [0.5, 0.6) is 28.7 Å². The van der Waals surface area contributed by atoms with Gasteiger partial charge in [-0.3, -0.25) is 19.2 Å². The van der Waals surface area contributed by atoms with Crippen molar-refractivity contribution in [1.29, 1.82) is 0 Å². The zero-order chi connectivity index (χ0) is 38.4. The molecule has 0 bridgehead atoms. The van der Waals surface area contributed by atoms with Gasteiger partial charge in [-0.1, -0.05) is 6.07 Å². The van der Waals surface area contributed by atoms with E-state index in [0.29, 0.717) is 64.9 Å². The van der Waals surface area contributed by atoms with Gasteiger partial charge in [0, 0.05) is 32.5 Å². The highest BCUT2D eigenvalue weighted by Gasteiger charge is 2.38. The van der Waals surface area contributed by atoms with E-state index in [1.807, 2.05) is 30.5 Å². The van der Waals surface area contributed by atoms with Crippen molar-refractivity contribution in [2.75, 3.05) is 59.9 Å². The molecule has 0 aromatic heterocycles. The first-order chi connectivity index (χ1) is 25.5. The lowest BCUT2D eigenvalue weighted by molar-refractivity contribution is -0.142. The summed E-state index contributed by atoms with van der Waals surface area (Å²) in [5, 5.41) is 9.01. The second kappa shape index (κ2) is 17.1. The van der Waals surface area contributed by atoms with Crippen LogP contribution in [0.25, 0.3) is 11.1 Å². The third kappa shape index (κ3) is 7.97. The van der Waals surface area contributed by atoms with Gasteiger partial charge < -0.3 is 44.5 Å². The fourth-order valence-corrected chi connectivity index (χ4v) is 7.72. The SMILES string of the molecule is CNC(=O)[C@@H]1Cc2cc(OC)c(OC)cc2CN1C(=O)[C@H](CCSC)Nc1ccc2c(cc1=O)[C@@H](NC(C)=O)CCc1cc(OC)c(OC)c(OC)c1-2. The van der Waals surface area contributed by atoms with Crippen molar-refractivity contribution in [1.82, 2.24) is 15.5 Å². The number of amides is 3. The van der Waals surface area contributed by atoms with Crippen LogP contribution in [-0.2, 0) is 33.8 Å². The molecule has 3 aromatic carbocycles. The highest BCUT2D eigenvalue weighted by molar-refractivity contribution is 7.98. The highest BCUT2D eigenvalue weighted by atomic mass is 32.2. The van der Waals surface area contributed by atoms with Gasteiger partial charge in [0.15, 0.2) is 23.0 Å². The third-order valence-electron chi connectivity index (χ3n) is 9.82. The van der Waals surface area contributed by atoms with Crippen LogP contribution in [0.4, 0.5) is 5.69 Å². The first-order valence-corrected chi connectivity index (χ1v) is 18.7. The van der Waals surface area contributed by atoms with Crippen molar-refractivity contribution >= 4 is 35.2 Å². The molecule has 0 fully saturated rings. The van der Waals surface area contributed by atoms with Crippen LogP contribution in [0.2, 0.25) is 0 Å². The zero-order valence-electron chi connectivity index (χ0n) is 31.5. The fourth-order valence-electron chi connectivity index (χ4n) is 7.25. The quantitative estimate of drug-likeness (QED) is 0.232. The molecule has 0 saturated carbocycles. The first-order valence-electron chi connectivity index (χ1n) is 17.3. The Bertz CT molecular complexity index is 1940. The minimum absolute atomic E-state index is 0.158. The van der Waals surface area contributed by atoms with E-state index in [2.05, 4.69) is 16.0 Å². The number of rotatable bonds is 13. The molecule has 5 rings (SSSR count). The van der Waals surface area contributed by atoms with Crippen molar-refractivity contribution in [3.8, 4) is 39.9 Å². The first kappa shape index (κ1) is 39.1. The van der Waals surface area contributed by atoms with Crippen molar-refractivity contribution in [2.45, 2.75) is 57.3 Å². The number of likely N-dealkylation sites (N-methyl/N-ethyl adjacent to an activating group) is 1. The maximum absolute atomic E-state index is 14.6. The Morgan fingerprint density at radius 2 is 1.55 bits per heavy atom. The Hall–Kier alpha value is -5.11. The summed E-state index contributed by atoms with van der Waals surface area (Å²) < 4.78 is 28.3. The Kier molecular flexibility index (Phi) is 12.7. The number of carbonyl (C=O) groups is 3. The molecule has 3 N–H and O–H groups in total. The molecule has 0 spiro atoms. The van der Waals surface area contributed by atoms with E-state index < -0.39 is 18.1 Å². The Morgan fingerprint density at radius 3 is 2.15 bits per heavy atom. The molecule has 13 nitrogen and oxygen atoms in total. The number of anilines is 1. The van der Waals surface area contributed by atoms with E-state index >= 15 is 0 Å². The van der Waals surface area contributed by atoms with Gasteiger partial charge in [-0.25, -0.2) is 0 Å². The summed E-state index contributed by atoms with van der Waals surface area (Å²) in [5.41, 5.74) is 4.44. The molecule has 0 radical (unpaired) electrons. The molecular weight excluding hydrogens is 701 g/mol. The van der Waals surface area contributed by atoms with Crippen LogP contribution in [0.15, 0.2) is 41.2 Å². The molecule has 3 atom stereocenters. The molecule has 14 heteroatoms. The molecule has 3 aromatic rings. The number of fused-ring (bicyclic) bond motifs is 4. The number of benzene rings is 2. The Morgan fingerprint density at radius 1 is 0.887 bits per heavy atom. The standard InChI is InChI=1S/C39H48N4O9S/c1-21(44)41-27-11-9-22-16-34(50-5)36(51-6)37(52-7)35(22)25-10-12-28(31(45)19-26(25)27)42-29(13-14-53-8)39(47)43-20-24-18-33(49-4)32(48-3)17-23(24)15-30(43)38(46)40-2/h10,12,16-19,27,29-30H,9,11,13-15,20H2,1-8H3,(H,40,46)(H,41,44)(H,42,45)/t27-,29-,30-/m0/s1. The maximum Gasteiger partial charge on any atom is 0.246 e. The molecule has 0 unspecified atom stereocenters. The molecule has 284 valence electrons. The van der Waals surface area contributed by atoms with Gasteiger partial charge in [-0.05, 0) is 89.4 Å².